The van der Waals surface area contributed by atoms with Gasteiger partial charge in [0, 0.05) is 29.1 Å². The Kier molecular flexibility index (Phi) is 5.50. The summed E-state index contributed by atoms with van der Waals surface area (Å²) >= 11 is 0. The molecule has 0 bridgehead atoms. The summed E-state index contributed by atoms with van der Waals surface area (Å²) in [5, 5.41) is 4.97. The molecule has 0 aliphatic rings. The van der Waals surface area contributed by atoms with Gasteiger partial charge in [0.1, 0.15) is 0 Å². The normalized spacial score (nSPS) is 11.7. The molecule has 0 saturated heterocycles. The molecule has 0 atom stereocenters. The standard InChI is InChI=1S/C22H18F3N3O3/c1-30-20(29)11-8-15-12-28(18-5-3-2-4-17(15)18)13-19-26-21(31-27-19)14-6-9-16(10-7-14)22(23,24)25/h2-7,9-10,12H,8,11,13H2,1H3. The number of benzene rings is 2. The van der Waals surface area contributed by atoms with E-state index in [1.54, 1.807) is 0 Å². The lowest BCUT2D eigenvalue weighted by molar-refractivity contribution is -0.140. The SMILES string of the molecule is COC(=O)CCc1cn(Cc2noc(-c3ccc(C(F)(F)F)cc3)n2)c2ccccc12. The van der Waals surface area contributed by atoms with Gasteiger partial charge in [-0.3, -0.25) is 4.79 Å². The van der Waals surface area contributed by atoms with Crippen LogP contribution in [0.2, 0.25) is 0 Å². The van der Waals surface area contributed by atoms with Crippen molar-refractivity contribution in [3.05, 3.63) is 71.7 Å². The number of aryl methyl sites for hydroxylation is 1. The van der Waals surface area contributed by atoms with Crippen molar-refractivity contribution in [2.75, 3.05) is 7.11 Å². The van der Waals surface area contributed by atoms with Crippen LogP contribution in [0.15, 0.2) is 59.3 Å². The van der Waals surface area contributed by atoms with Gasteiger partial charge in [0.15, 0.2) is 5.82 Å². The number of rotatable bonds is 6. The number of aromatic nitrogens is 3. The minimum atomic E-state index is -4.40. The number of carbonyl (C=O) groups excluding carboxylic acids is 1. The van der Waals surface area contributed by atoms with Gasteiger partial charge in [-0.25, -0.2) is 0 Å². The zero-order valence-corrected chi connectivity index (χ0v) is 16.5. The Morgan fingerprint density at radius 1 is 1.13 bits per heavy atom. The van der Waals surface area contributed by atoms with Crippen LogP contribution in [0.1, 0.15) is 23.4 Å². The summed E-state index contributed by atoms with van der Waals surface area (Å²) in [6.07, 6.45) is -1.67. The number of alkyl halides is 3. The number of carbonyl (C=O) groups is 1. The molecule has 0 fully saturated rings. The van der Waals surface area contributed by atoms with Crippen LogP contribution in [-0.2, 0) is 28.7 Å². The fourth-order valence-corrected chi connectivity index (χ4v) is 3.38. The molecule has 6 nitrogen and oxygen atoms in total. The first-order chi connectivity index (χ1) is 14.8. The number of nitrogens with zero attached hydrogens (tertiary/aromatic N) is 3. The molecular weight excluding hydrogens is 411 g/mol. The lowest BCUT2D eigenvalue weighted by Gasteiger charge is -2.05. The number of para-hydroxylation sites is 1. The molecule has 0 N–H and O–H groups in total. The van der Waals surface area contributed by atoms with E-state index in [1.807, 2.05) is 35.0 Å². The summed E-state index contributed by atoms with van der Waals surface area (Å²) in [6.45, 7) is 0.308. The van der Waals surface area contributed by atoms with Crippen LogP contribution in [0.5, 0.6) is 0 Å². The van der Waals surface area contributed by atoms with Gasteiger partial charge in [-0.15, -0.1) is 0 Å². The fourth-order valence-electron chi connectivity index (χ4n) is 3.38. The van der Waals surface area contributed by atoms with Gasteiger partial charge in [-0.2, -0.15) is 18.2 Å². The maximum atomic E-state index is 12.7. The van der Waals surface area contributed by atoms with Gasteiger partial charge in [-0.1, -0.05) is 23.4 Å². The minimum Gasteiger partial charge on any atom is -0.469 e. The smallest absolute Gasteiger partial charge is 0.416 e. The van der Waals surface area contributed by atoms with E-state index in [1.165, 1.54) is 19.2 Å². The summed E-state index contributed by atoms with van der Waals surface area (Å²) in [5.41, 5.74) is 1.60. The highest BCUT2D eigenvalue weighted by molar-refractivity contribution is 5.84. The molecule has 9 heteroatoms. The van der Waals surface area contributed by atoms with Crippen LogP contribution >= 0.6 is 0 Å². The summed E-state index contributed by atoms with van der Waals surface area (Å²) in [6, 6.07) is 12.3. The highest BCUT2D eigenvalue weighted by atomic mass is 19.4. The van der Waals surface area contributed by atoms with E-state index in [9.17, 15) is 18.0 Å². The second-order valence-corrected chi connectivity index (χ2v) is 6.97. The van der Waals surface area contributed by atoms with E-state index in [-0.39, 0.29) is 18.3 Å². The Morgan fingerprint density at radius 2 is 1.87 bits per heavy atom. The van der Waals surface area contributed by atoms with Crippen molar-refractivity contribution in [1.82, 2.24) is 14.7 Å². The topological polar surface area (TPSA) is 70.2 Å². The molecule has 31 heavy (non-hydrogen) atoms. The molecule has 4 aromatic rings. The Hall–Kier alpha value is -3.62. The fraction of sp³-hybridized carbons (Fsp3) is 0.227. The van der Waals surface area contributed by atoms with Crippen molar-refractivity contribution in [3.63, 3.8) is 0 Å². The van der Waals surface area contributed by atoms with Crippen LogP contribution in [-0.4, -0.2) is 27.8 Å². The minimum absolute atomic E-state index is 0.145. The first-order valence-electron chi connectivity index (χ1n) is 9.49. The van der Waals surface area contributed by atoms with Gasteiger partial charge in [-0.05, 0) is 42.3 Å². The second-order valence-electron chi connectivity index (χ2n) is 6.97. The average Bonchev–Trinajstić information content (AvgIpc) is 3.37. The van der Waals surface area contributed by atoms with Gasteiger partial charge >= 0.3 is 12.1 Å². The van der Waals surface area contributed by atoms with Crippen LogP contribution < -0.4 is 0 Å². The molecule has 0 aliphatic heterocycles. The van der Waals surface area contributed by atoms with E-state index in [4.69, 9.17) is 9.26 Å². The molecule has 4 rings (SSSR count). The van der Waals surface area contributed by atoms with Crippen molar-refractivity contribution in [2.24, 2.45) is 0 Å². The molecule has 0 radical (unpaired) electrons. The predicted molar refractivity (Wildman–Crippen MR) is 106 cm³/mol. The van der Waals surface area contributed by atoms with Crippen molar-refractivity contribution < 1.29 is 27.2 Å². The van der Waals surface area contributed by atoms with Crippen LogP contribution in [0.4, 0.5) is 13.2 Å². The number of hydrogen-bond donors (Lipinski definition) is 0. The first-order valence-corrected chi connectivity index (χ1v) is 9.49. The number of esters is 1. The number of halogens is 3. The molecular formula is C22H18F3N3O3. The molecule has 0 saturated carbocycles. The predicted octanol–water partition coefficient (Wildman–Crippen LogP) is 4.86. The lowest BCUT2D eigenvalue weighted by atomic mass is 10.1. The third-order valence-electron chi connectivity index (χ3n) is 4.94. The van der Waals surface area contributed by atoms with Crippen molar-refractivity contribution in [3.8, 4) is 11.5 Å². The third kappa shape index (κ3) is 4.45. The maximum Gasteiger partial charge on any atom is 0.416 e. The Morgan fingerprint density at radius 3 is 2.58 bits per heavy atom. The monoisotopic (exact) mass is 429 g/mol. The highest BCUT2D eigenvalue weighted by Gasteiger charge is 2.30. The first kappa shape index (κ1) is 20.6. The molecule has 2 aromatic heterocycles. The van der Waals surface area contributed by atoms with Crippen LogP contribution in [0.3, 0.4) is 0 Å². The second kappa shape index (κ2) is 8.25. The van der Waals surface area contributed by atoms with Crippen LogP contribution in [0.25, 0.3) is 22.4 Å². The zero-order valence-electron chi connectivity index (χ0n) is 16.5. The van der Waals surface area contributed by atoms with E-state index in [2.05, 4.69) is 10.1 Å². The van der Waals surface area contributed by atoms with E-state index in [0.717, 1.165) is 28.6 Å². The molecule has 0 aliphatic carbocycles. The van der Waals surface area contributed by atoms with Gasteiger partial charge < -0.3 is 13.8 Å². The Balaban J connectivity index is 1.56. The number of fused-ring (bicyclic) bond motifs is 1. The average molecular weight is 429 g/mol. The summed E-state index contributed by atoms with van der Waals surface area (Å²) < 4.78 is 50.1. The van der Waals surface area contributed by atoms with Crippen molar-refractivity contribution in [2.45, 2.75) is 25.6 Å². The number of ether oxygens (including phenoxy) is 1. The van der Waals surface area contributed by atoms with E-state index >= 15 is 0 Å². The number of methoxy groups -OCH3 is 1. The third-order valence-corrected chi connectivity index (χ3v) is 4.94. The van der Waals surface area contributed by atoms with Crippen molar-refractivity contribution in [1.29, 1.82) is 0 Å². The quantitative estimate of drug-likeness (QED) is 0.409. The molecule has 0 amide bonds. The summed E-state index contributed by atoms with van der Waals surface area (Å²) in [5.74, 6) is 0.248. The Bertz CT molecular complexity index is 1210. The van der Waals surface area contributed by atoms with Gasteiger partial charge in [0.25, 0.3) is 5.89 Å². The highest BCUT2D eigenvalue weighted by Crippen LogP contribution is 2.31. The Labute approximate surface area is 175 Å². The van der Waals surface area contributed by atoms with E-state index in [0.29, 0.717) is 24.4 Å². The molecule has 2 heterocycles. The van der Waals surface area contributed by atoms with E-state index < -0.39 is 11.7 Å². The summed E-state index contributed by atoms with van der Waals surface area (Å²) in [7, 11) is 1.36. The maximum absolute atomic E-state index is 12.7. The largest absolute Gasteiger partial charge is 0.469 e. The summed E-state index contributed by atoms with van der Waals surface area (Å²) in [4.78, 5) is 15.8. The molecule has 160 valence electrons. The zero-order chi connectivity index (χ0) is 22.0. The van der Waals surface area contributed by atoms with Crippen molar-refractivity contribution >= 4 is 16.9 Å². The molecule has 0 unspecified atom stereocenters. The van der Waals surface area contributed by atoms with Gasteiger partial charge in [0.05, 0.1) is 19.2 Å². The number of hydrogen-bond acceptors (Lipinski definition) is 5. The van der Waals surface area contributed by atoms with Crippen LogP contribution in [0, 0.1) is 0 Å². The van der Waals surface area contributed by atoms with Gasteiger partial charge in [0.2, 0.25) is 0 Å². The molecule has 2 aromatic carbocycles. The lowest BCUT2D eigenvalue weighted by Crippen LogP contribution is -2.04. The molecule has 0 spiro atoms.